The van der Waals surface area contributed by atoms with Gasteiger partial charge in [0.25, 0.3) is 0 Å². The zero-order chi connectivity index (χ0) is 10.5. The Morgan fingerprint density at radius 2 is 1.60 bits per heavy atom. The predicted octanol–water partition coefficient (Wildman–Crippen LogP) is 3.15. The fraction of sp³-hybridized carbons (Fsp3) is 1.00. The van der Waals surface area contributed by atoms with E-state index in [9.17, 15) is 0 Å². The van der Waals surface area contributed by atoms with Crippen LogP contribution < -0.4 is 0 Å². The van der Waals surface area contributed by atoms with Crippen molar-refractivity contribution >= 4 is 0 Å². The summed E-state index contributed by atoms with van der Waals surface area (Å²) in [6.07, 6.45) is 10.9. The predicted molar refractivity (Wildman–Crippen MR) is 63.8 cm³/mol. The Kier molecular flexibility index (Phi) is 2.35. The third-order valence-electron chi connectivity index (χ3n) is 5.18. The maximum absolute atomic E-state index is 2.44. The topological polar surface area (TPSA) is 3.24 Å². The Labute approximate surface area is 94.2 Å². The van der Waals surface area contributed by atoms with Crippen LogP contribution in [0.15, 0.2) is 0 Å². The Balaban J connectivity index is 1.83. The molecule has 0 heterocycles. The molecule has 0 saturated heterocycles. The van der Waals surface area contributed by atoms with Crippen molar-refractivity contribution < 1.29 is 0 Å². The molecule has 4 aliphatic carbocycles. The monoisotopic (exact) mass is 207 g/mol. The van der Waals surface area contributed by atoms with Gasteiger partial charge in [0.15, 0.2) is 0 Å². The smallest absolute Gasteiger partial charge is 0.00321 e. The summed E-state index contributed by atoms with van der Waals surface area (Å²) in [5.41, 5.74) is 0.725. The quantitative estimate of drug-likeness (QED) is 0.672. The van der Waals surface area contributed by atoms with Gasteiger partial charge in [-0.2, -0.15) is 0 Å². The summed E-state index contributed by atoms with van der Waals surface area (Å²) in [5, 5.41) is 0. The second kappa shape index (κ2) is 3.48. The molecule has 0 aromatic rings. The molecule has 0 aromatic heterocycles. The van der Waals surface area contributed by atoms with Crippen molar-refractivity contribution in [2.24, 2.45) is 23.2 Å². The van der Waals surface area contributed by atoms with Gasteiger partial charge < -0.3 is 4.90 Å². The van der Waals surface area contributed by atoms with Gasteiger partial charge in [-0.25, -0.2) is 0 Å². The van der Waals surface area contributed by atoms with Gasteiger partial charge in [-0.15, -0.1) is 0 Å². The van der Waals surface area contributed by atoms with E-state index in [1.165, 1.54) is 13.0 Å². The number of rotatable bonds is 2. The van der Waals surface area contributed by atoms with E-state index in [-0.39, 0.29) is 0 Å². The molecule has 0 N–H and O–H groups in total. The van der Waals surface area contributed by atoms with Crippen molar-refractivity contribution in [3.05, 3.63) is 0 Å². The van der Waals surface area contributed by atoms with Gasteiger partial charge in [0, 0.05) is 6.54 Å². The van der Waals surface area contributed by atoms with Gasteiger partial charge >= 0.3 is 0 Å². The molecule has 1 nitrogen and oxygen atoms in total. The molecule has 0 radical (unpaired) electrons. The minimum absolute atomic E-state index is 0.725. The van der Waals surface area contributed by atoms with Crippen LogP contribution in [0.1, 0.15) is 44.9 Å². The van der Waals surface area contributed by atoms with Crippen LogP contribution >= 0.6 is 0 Å². The van der Waals surface area contributed by atoms with Gasteiger partial charge in [-0.1, -0.05) is 0 Å². The highest BCUT2D eigenvalue weighted by Gasteiger charge is 2.47. The number of fused-ring (bicyclic) bond motifs is 1. The van der Waals surface area contributed by atoms with E-state index in [0.717, 1.165) is 23.2 Å². The Morgan fingerprint density at radius 1 is 1.00 bits per heavy atom. The van der Waals surface area contributed by atoms with Crippen LogP contribution in [0.2, 0.25) is 0 Å². The molecule has 4 aliphatic rings. The highest BCUT2D eigenvalue weighted by molar-refractivity contribution is 4.99. The molecule has 0 amide bonds. The second-order valence-electron chi connectivity index (χ2n) is 6.99. The standard InChI is InChI=1S/C14H25N/c1-15(2)10-14-4-3-11-5-12(8-14)7-13(6-11)9-14/h11-13H,3-10H2,1-2H3. The first-order chi connectivity index (χ1) is 7.15. The van der Waals surface area contributed by atoms with E-state index in [1.54, 1.807) is 38.5 Å². The van der Waals surface area contributed by atoms with Crippen LogP contribution in [-0.2, 0) is 0 Å². The summed E-state index contributed by atoms with van der Waals surface area (Å²) in [7, 11) is 4.52. The first-order valence-electron chi connectivity index (χ1n) is 6.80. The van der Waals surface area contributed by atoms with Crippen LogP contribution in [-0.4, -0.2) is 25.5 Å². The number of nitrogens with zero attached hydrogens (tertiary/aromatic N) is 1. The molecule has 86 valence electrons. The molecule has 1 heteroatoms. The third kappa shape index (κ3) is 1.84. The van der Waals surface area contributed by atoms with Gasteiger partial charge in [-0.05, 0) is 82.2 Å². The molecule has 2 unspecified atom stereocenters. The van der Waals surface area contributed by atoms with Crippen molar-refractivity contribution in [2.45, 2.75) is 44.9 Å². The van der Waals surface area contributed by atoms with Crippen molar-refractivity contribution in [1.82, 2.24) is 4.90 Å². The summed E-state index contributed by atoms with van der Waals surface area (Å²) in [6.45, 7) is 1.35. The maximum Gasteiger partial charge on any atom is 0.00321 e. The lowest BCUT2D eigenvalue weighted by Gasteiger charge is -2.46. The normalized spacial score (nSPS) is 48.6. The zero-order valence-corrected chi connectivity index (χ0v) is 10.3. The van der Waals surface area contributed by atoms with Gasteiger partial charge in [0.1, 0.15) is 0 Å². The lowest BCUT2D eigenvalue weighted by atomic mass is 9.61. The largest absolute Gasteiger partial charge is 0.309 e. The van der Waals surface area contributed by atoms with E-state index in [1.807, 2.05) is 0 Å². The van der Waals surface area contributed by atoms with Crippen molar-refractivity contribution in [3.8, 4) is 0 Å². The summed E-state index contributed by atoms with van der Waals surface area (Å²) >= 11 is 0. The lowest BCUT2D eigenvalue weighted by molar-refractivity contribution is 0.0461. The molecule has 4 bridgehead atoms. The first-order valence-corrected chi connectivity index (χ1v) is 6.80. The highest BCUT2D eigenvalue weighted by Crippen LogP contribution is 2.57. The van der Waals surface area contributed by atoms with E-state index in [0.29, 0.717) is 0 Å². The lowest BCUT2D eigenvalue weighted by Crippen LogP contribution is -2.40. The SMILES string of the molecule is CN(C)CC12CCC3CC(CC(C3)C1)C2. The van der Waals surface area contributed by atoms with Crippen LogP contribution in [0.25, 0.3) is 0 Å². The van der Waals surface area contributed by atoms with E-state index in [4.69, 9.17) is 0 Å². The summed E-state index contributed by atoms with van der Waals surface area (Å²) < 4.78 is 0. The molecule has 15 heavy (non-hydrogen) atoms. The van der Waals surface area contributed by atoms with E-state index in [2.05, 4.69) is 19.0 Å². The Hall–Kier alpha value is -0.0400. The van der Waals surface area contributed by atoms with Crippen molar-refractivity contribution in [2.75, 3.05) is 20.6 Å². The molecule has 0 spiro atoms. The average Bonchev–Trinajstić information content (AvgIpc) is 2.29. The van der Waals surface area contributed by atoms with Gasteiger partial charge in [-0.3, -0.25) is 0 Å². The highest BCUT2D eigenvalue weighted by atomic mass is 15.1. The third-order valence-corrected chi connectivity index (χ3v) is 5.18. The molecular weight excluding hydrogens is 182 g/mol. The molecule has 4 saturated carbocycles. The fourth-order valence-electron chi connectivity index (χ4n) is 5.17. The fourth-order valence-corrected chi connectivity index (χ4v) is 5.17. The minimum atomic E-state index is 0.725. The zero-order valence-electron chi connectivity index (χ0n) is 10.3. The van der Waals surface area contributed by atoms with Crippen LogP contribution in [0.4, 0.5) is 0 Å². The van der Waals surface area contributed by atoms with Crippen LogP contribution in [0.3, 0.4) is 0 Å². The molecule has 4 fully saturated rings. The number of hydrogen-bond acceptors (Lipinski definition) is 1. The van der Waals surface area contributed by atoms with E-state index >= 15 is 0 Å². The van der Waals surface area contributed by atoms with Gasteiger partial charge in [0.2, 0.25) is 0 Å². The molecule has 0 aromatic carbocycles. The molecule has 4 rings (SSSR count). The summed E-state index contributed by atoms with van der Waals surface area (Å²) in [6, 6.07) is 0. The Bertz CT molecular complexity index is 232. The van der Waals surface area contributed by atoms with Gasteiger partial charge in [0.05, 0.1) is 0 Å². The summed E-state index contributed by atoms with van der Waals surface area (Å²) in [5.74, 6) is 3.31. The van der Waals surface area contributed by atoms with Crippen LogP contribution in [0, 0.1) is 23.2 Å². The molecule has 2 atom stereocenters. The number of hydrogen-bond donors (Lipinski definition) is 0. The van der Waals surface area contributed by atoms with E-state index < -0.39 is 0 Å². The average molecular weight is 207 g/mol. The minimum Gasteiger partial charge on any atom is -0.309 e. The van der Waals surface area contributed by atoms with Crippen molar-refractivity contribution in [1.29, 1.82) is 0 Å². The molecule has 0 aliphatic heterocycles. The first kappa shape index (κ1) is 10.1. The second-order valence-corrected chi connectivity index (χ2v) is 6.99. The molecular formula is C14H25N. The summed E-state index contributed by atoms with van der Waals surface area (Å²) in [4.78, 5) is 2.44. The maximum atomic E-state index is 2.44. The van der Waals surface area contributed by atoms with Crippen LogP contribution in [0.5, 0.6) is 0 Å². The van der Waals surface area contributed by atoms with Crippen molar-refractivity contribution in [3.63, 3.8) is 0 Å². The Morgan fingerprint density at radius 3 is 2.20 bits per heavy atom.